The second-order valence-corrected chi connectivity index (χ2v) is 12.8. The third-order valence-electron chi connectivity index (χ3n) is 9.18. The number of aryl methyl sites for hydroxylation is 3. The van der Waals surface area contributed by atoms with Crippen LogP contribution in [-0.4, -0.2) is 41.1 Å². The Labute approximate surface area is 251 Å². The Morgan fingerprint density at radius 3 is 1.93 bits per heavy atom. The number of aliphatic hydroxyl groups excluding tert-OH is 1. The van der Waals surface area contributed by atoms with Crippen molar-refractivity contribution in [1.29, 1.82) is 0 Å². The van der Waals surface area contributed by atoms with Crippen LogP contribution in [0.2, 0.25) is 0 Å². The molecule has 224 valence electrons. The normalized spacial score (nSPS) is 14.3. The highest BCUT2D eigenvalue weighted by atomic mass is 16.5. The van der Waals surface area contributed by atoms with Crippen molar-refractivity contribution in [2.24, 2.45) is 5.41 Å². The zero-order chi connectivity index (χ0) is 30.7. The second-order valence-electron chi connectivity index (χ2n) is 12.8. The van der Waals surface area contributed by atoms with E-state index in [0.717, 1.165) is 37.0 Å². The average molecular weight is 570 g/mol. The van der Waals surface area contributed by atoms with E-state index < -0.39 is 0 Å². The first-order valence-electron chi connectivity index (χ1n) is 15.4. The Kier molecular flexibility index (Phi) is 9.62. The Bertz CT molecular complexity index is 1390. The van der Waals surface area contributed by atoms with E-state index in [1.807, 2.05) is 0 Å². The number of hydrogen-bond acceptors (Lipinski definition) is 4. The molecule has 2 amide bonds. The smallest absolute Gasteiger partial charge is 0.261 e. The topological polar surface area (TPSA) is 66.8 Å². The van der Waals surface area contributed by atoms with Crippen molar-refractivity contribution < 1.29 is 19.4 Å². The predicted octanol–water partition coefficient (Wildman–Crippen LogP) is 7.81. The number of amides is 2. The summed E-state index contributed by atoms with van der Waals surface area (Å²) in [5.74, 6) is 0.376. The summed E-state index contributed by atoms with van der Waals surface area (Å²) >= 11 is 0. The molecule has 0 radical (unpaired) electrons. The fraction of sp³-hybridized carbons (Fsp3) is 0.459. The lowest BCUT2D eigenvalue weighted by molar-refractivity contribution is 0.0559. The van der Waals surface area contributed by atoms with Gasteiger partial charge in [0, 0.05) is 12.0 Å². The third-order valence-corrected chi connectivity index (χ3v) is 9.18. The molecular weight excluding hydrogens is 522 g/mol. The van der Waals surface area contributed by atoms with Crippen molar-refractivity contribution >= 4 is 11.8 Å². The van der Waals surface area contributed by atoms with Gasteiger partial charge in [0.1, 0.15) is 5.75 Å². The molecule has 0 aromatic heterocycles. The van der Waals surface area contributed by atoms with E-state index in [9.17, 15) is 14.7 Å². The van der Waals surface area contributed by atoms with Gasteiger partial charge in [-0.3, -0.25) is 14.5 Å². The van der Waals surface area contributed by atoms with Gasteiger partial charge in [0.15, 0.2) is 0 Å². The summed E-state index contributed by atoms with van der Waals surface area (Å²) < 4.78 is 6.12. The number of benzene rings is 3. The number of aliphatic hydroxyl groups is 1. The number of carbonyl (C=O) groups is 2. The molecule has 3 aromatic carbocycles. The summed E-state index contributed by atoms with van der Waals surface area (Å²) in [6.07, 6.45) is 3.82. The molecule has 4 rings (SSSR count). The first kappa shape index (κ1) is 31.5. The molecule has 0 saturated heterocycles. The predicted molar refractivity (Wildman–Crippen MR) is 169 cm³/mol. The van der Waals surface area contributed by atoms with Crippen LogP contribution in [-0.2, 0) is 11.8 Å². The zero-order valence-electron chi connectivity index (χ0n) is 26.4. The minimum Gasteiger partial charge on any atom is -0.493 e. The van der Waals surface area contributed by atoms with Crippen LogP contribution in [0.5, 0.6) is 5.75 Å². The van der Waals surface area contributed by atoms with Gasteiger partial charge in [-0.15, -0.1) is 0 Å². The minimum absolute atomic E-state index is 0.108. The number of imide groups is 1. The van der Waals surface area contributed by atoms with E-state index in [4.69, 9.17) is 4.74 Å². The van der Waals surface area contributed by atoms with Crippen LogP contribution in [0.15, 0.2) is 60.7 Å². The van der Waals surface area contributed by atoms with Gasteiger partial charge in [-0.1, -0.05) is 77.1 Å². The van der Waals surface area contributed by atoms with Crippen LogP contribution in [0.3, 0.4) is 0 Å². The standard InChI is InChI=1S/C37H47NO4/c1-8-37(9-2,28-17-15-27(25(3)23-28)16-20-33(39)36(5,6)7)29-18-19-32(26(4)24-29)42-22-12-21-38-34(40)30-13-10-11-14-31(30)35(38)41/h10-11,13-15,17-19,23-24,33,39H,8-9,12,16,20-22H2,1-7H3. The summed E-state index contributed by atoms with van der Waals surface area (Å²) in [5, 5.41) is 10.5. The number of ether oxygens (including phenoxy) is 1. The van der Waals surface area contributed by atoms with Crippen LogP contribution in [0.4, 0.5) is 0 Å². The van der Waals surface area contributed by atoms with Crippen molar-refractivity contribution in [2.45, 2.75) is 92.1 Å². The maximum atomic E-state index is 12.6. The number of hydrogen-bond donors (Lipinski definition) is 1. The lowest BCUT2D eigenvalue weighted by Crippen LogP contribution is -2.31. The molecule has 1 heterocycles. The van der Waals surface area contributed by atoms with Gasteiger partial charge < -0.3 is 9.84 Å². The SMILES string of the molecule is CCC(CC)(c1ccc(CCC(O)C(C)(C)C)c(C)c1)c1ccc(OCCCN2C(=O)c3ccccc3C2=O)c(C)c1. The molecule has 0 spiro atoms. The second kappa shape index (κ2) is 12.8. The highest BCUT2D eigenvalue weighted by Crippen LogP contribution is 2.41. The van der Waals surface area contributed by atoms with Gasteiger partial charge in [0.2, 0.25) is 0 Å². The molecule has 0 saturated carbocycles. The number of rotatable bonds is 12. The van der Waals surface area contributed by atoms with E-state index in [2.05, 4.69) is 84.9 Å². The van der Waals surface area contributed by atoms with E-state index in [1.165, 1.54) is 27.2 Å². The van der Waals surface area contributed by atoms with Gasteiger partial charge in [-0.25, -0.2) is 0 Å². The van der Waals surface area contributed by atoms with E-state index in [-0.39, 0.29) is 28.7 Å². The number of fused-ring (bicyclic) bond motifs is 1. The Hall–Kier alpha value is -3.44. The van der Waals surface area contributed by atoms with Crippen molar-refractivity contribution in [3.8, 4) is 5.75 Å². The lowest BCUT2D eigenvalue weighted by Gasteiger charge is -2.34. The molecule has 42 heavy (non-hydrogen) atoms. The fourth-order valence-electron chi connectivity index (χ4n) is 6.19. The van der Waals surface area contributed by atoms with Crippen molar-refractivity contribution in [2.75, 3.05) is 13.2 Å². The largest absolute Gasteiger partial charge is 0.493 e. The summed E-state index contributed by atoms with van der Waals surface area (Å²) in [6.45, 7) is 15.8. The molecule has 1 aliphatic rings. The first-order chi connectivity index (χ1) is 19.9. The van der Waals surface area contributed by atoms with Crippen LogP contribution in [0, 0.1) is 19.3 Å². The Balaban J connectivity index is 1.42. The van der Waals surface area contributed by atoms with Crippen molar-refractivity contribution in [1.82, 2.24) is 4.90 Å². The summed E-state index contributed by atoms with van der Waals surface area (Å²) in [7, 11) is 0. The summed E-state index contributed by atoms with van der Waals surface area (Å²) in [4.78, 5) is 26.6. The fourth-order valence-corrected chi connectivity index (χ4v) is 6.19. The summed E-state index contributed by atoms with van der Waals surface area (Å²) in [6, 6.07) is 20.3. The highest BCUT2D eigenvalue weighted by Gasteiger charge is 2.35. The van der Waals surface area contributed by atoms with Crippen molar-refractivity contribution in [3.05, 3.63) is 99.6 Å². The molecule has 5 heteroatoms. The maximum Gasteiger partial charge on any atom is 0.261 e. The first-order valence-corrected chi connectivity index (χ1v) is 15.4. The maximum absolute atomic E-state index is 12.6. The van der Waals surface area contributed by atoms with Gasteiger partial charge >= 0.3 is 0 Å². The van der Waals surface area contributed by atoms with Gasteiger partial charge in [0.05, 0.1) is 23.8 Å². The number of nitrogens with zero attached hydrogens (tertiary/aromatic N) is 1. The molecular formula is C37H47NO4. The average Bonchev–Trinajstić information content (AvgIpc) is 3.20. The highest BCUT2D eigenvalue weighted by molar-refractivity contribution is 6.21. The molecule has 0 fully saturated rings. The van der Waals surface area contributed by atoms with Crippen molar-refractivity contribution in [3.63, 3.8) is 0 Å². The summed E-state index contributed by atoms with van der Waals surface area (Å²) in [5.41, 5.74) is 6.98. The van der Waals surface area contributed by atoms with Crippen LogP contribution >= 0.6 is 0 Å². The monoisotopic (exact) mass is 569 g/mol. The third kappa shape index (κ3) is 6.32. The Morgan fingerprint density at radius 2 is 1.40 bits per heavy atom. The lowest BCUT2D eigenvalue weighted by atomic mass is 9.69. The molecule has 1 atom stereocenters. The number of carbonyl (C=O) groups excluding carboxylic acids is 2. The molecule has 0 bridgehead atoms. The quantitative estimate of drug-likeness (QED) is 0.178. The van der Waals surface area contributed by atoms with Crippen LogP contribution in [0.1, 0.15) is 109 Å². The van der Waals surface area contributed by atoms with Crippen LogP contribution in [0.25, 0.3) is 0 Å². The van der Waals surface area contributed by atoms with Gasteiger partial charge in [0.25, 0.3) is 11.8 Å². The van der Waals surface area contributed by atoms with Crippen LogP contribution < -0.4 is 4.74 Å². The van der Waals surface area contributed by atoms with Gasteiger partial charge in [-0.2, -0.15) is 0 Å². The van der Waals surface area contributed by atoms with Gasteiger partial charge in [-0.05, 0) is 97.4 Å². The van der Waals surface area contributed by atoms with E-state index in [0.29, 0.717) is 30.7 Å². The molecule has 3 aromatic rings. The zero-order valence-corrected chi connectivity index (χ0v) is 26.4. The van der Waals surface area contributed by atoms with E-state index >= 15 is 0 Å². The minimum atomic E-state index is -0.326. The molecule has 1 unspecified atom stereocenters. The molecule has 5 nitrogen and oxygen atoms in total. The molecule has 0 aliphatic carbocycles. The molecule has 1 N–H and O–H groups in total. The molecule has 1 aliphatic heterocycles. The Morgan fingerprint density at radius 1 is 0.833 bits per heavy atom. The van der Waals surface area contributed by atoms with E-state index in [1.54, 1.807) is 24.3 Å².